The summed E-state index contributed by atoms with van der Waals surface area (Å²) < 4.78 is 0. The molecule has 2 aliphatic rings. The summed E-state index contributed by atoms with van der Waals surface area (Å²) in [4.78, 5) is 2.35. The van der Waals surface area contributed by atoms with E-state index in [2.05, 4.69) is 11.5 Å². The topological polar surface area (TPSA) is 23.5 Å². The fourth-order valence-electron chi connectivity index (χ4n) is 3.07. The SMILES string of the molecule is C=Cc1ccc(C2(O)CN3CCC2C3)cc1. The van der Waals surface area contributed by atoms with Crippen LogP contribution in [0, 0.1) is 5.92 Å². The van der Waals surface area contributed by atoms with Gasteiger partial charge in [0, 0.05) is 19.0 Å². The number of benzene rings is 1. The average Bonchev–Trinajstić information content (AvgIpc) is 2.89. The third-order valence-electron chi connectivity index (χ3n) is 4.06. The van der Waals surface area contributed by atoms with Crippen LogP contribution in [-0.4, -0.2) is 29.6 Å². The molecule has 2 nitrogen and oxygen atoms in total. The highest BCUT2D eigenvalue weighted by Gasteiger charge is 2.49. The summed E-state index contributed by atoms with van der Waals surface area (Å²) in [5.74, 6) is 0.419. The molecule has 2 aliphatic heterocycles. The van der Waals surface area contributed by atoms with Crippen LogP contribution in [0.4, 0.5) is 0 Å². The summed E-state index contributed by atoms with van der Waals surface area (Å²) >= 11 is 0. The van der Waals surface area contributed by atoms with E-state index >= 15 is 0 Å². The molecule has 3 atom stereocenters. The fraction of sp³-hybridized carbons (Fsp3) is 0.429. The van der Waals surface area contributed by atoms with Crippen LogP contribution < -0.4 is 0 Å². The molecule has 1 N–H and O–H groups in total. The molecule has 2 fully saturated rings. The Morgan fingerprint density at radius 1 is 1.38 bits per heavy atom. The van der Waals surface area contributed by atoms with Crippen molar-refractivity contribution in [2.75, 3.05) is 19.6 Å². The predicted octanol–water partition coefficient (Wildman–Crippen LogP) is 1.85. The summed E-state index contributed by atoms with van der Waals surface area (Å²) in [6.45, 7) is 6.75. The summed E-state index contributed by atoms with van der Waals surface area (Å²) in [6.07, 6.45) is 2.96. The first-order chi connectivity index (χ1) is 7.72. The van der Waals surface area contributed by atoms with Gasteiger partial charge < -0.3 is 5.11 Å². The molecule has 16 heavy (non-hydrogen) atoms. The Hall–Kier alpha value is -1.12. The fourth-order valence-corrected chi connectivity index (χ4v) is 3.07. The minimum absolute atomic E-state index is 0.419. The number of hydrogen-bond donors (Lipinski definition) is 1. The van der Waals surface area contributed by atoms with Gasteiger partial charge in [0.25, 0.3) is 0 Å². The number of piperidine rings is 1. The quantitative estimate of drug-likeness (QED) is 0.814. The van der Waals surface area contributed by atoms with Gasteiger partial charge in [-0.25, -0.2) is 0 Å². The van der Waals surface area contributed by atoms with Crippen molar-refractivity contribution in [3.8, 4) is 0 Å². The van der Waals surface area contributed by atoms with E-state index in [9.17, 15) is 5.11 Å². The number of rotatable bonds is 2. The van der Waals surface area contributed by atoms with Crippen molar-refractivity contribution < 1.29 is 5.11 Å². The summed E-state index contributed by atoms with van der Waals surface area (Å²) in [5.41, 5.74) is 1.55. The molecule has 3 rings (SSSR count). The zero-order valence-electron chi connectivity index (χ0n) is 9.39. The monoisotopic (exact) mass is 215 g/mol. The predicted molar refractivity (Wildman–Crippen MR) is 65.0 cm³/mol. The molecular formula is C14H17NO. The second kappa shape index (κ2) is 3.44. The van der Waals surface area contributed by atoms with E-state index in [-0.39, 0.29) is 0 Å². The third kappa shape index (κ3) is 1.34. The van der Waals surface area contributed by atoms with Crippen LogP contribution in [0.2, 0.25) is 0 Å². The first-order valence-corrected chi connectivity index (χ1v) is 5.90. The molecule has 0 aromatic heterocycles. The van der Waals surface area contributed by atoms with Gasteiger partial charge in [0.15, 0.2) is 0 Å². The van der Waals surface area contributed by atoms with E-state index in [1.54, 1.807) is 0 Å². The molecule has 0 aliphatic carbocycles. The molecule has 1 aromatic carbocycles. The lowest BCUT2D eigenvalue weighted by molar-refractivity contribution is -0.00991. The van der Waals surface area contributed by atoms with E-state index in [0.717, 1.165) is 37.2 Å². The lowest BCUT2D eigenvalue weighted by Gasteiger charge is -2.32. The van der Waals surface area contributed by atoms with Gasteiger partial charge in [-0.05, 0) is 24.1 Å². The minimum atomic E-state index is -0.613. The standard InChI is InChI=1S/C14H17NO/c1-2-11-3-5-12(6-4-11)14(16)10-15-8-7-13(14)9-15/h2-6,13,16H,1,7-10H2. The van der Waals surface area contributed by atoms with Gasteiger partial charge in [0.2, 0.25) is 0 Å². The molecule has 2 heterocycles. The highest BCUT2D eigenvalue weighted by atomic mass is 16.3. The van der Waals surface area contributed by atoms with Gasteiger partial charge in [-0.3, -0.25) is 4.90 Å². The summed E-state index contributed by atoms with van der Waals surface area (Å²) in [6, 6.07) is 8.14. The maximum absolute atomic E-state index is 10.7. The number of aliphatic hydroxyl groups is 1. The second-order valence-electron chi connectivity index (χ2n) is 4.97. The van der Waals surface area contributed by atoms with Crippen molar-refractivity contribution in [3.05, 3.63) is 42.0 Å². The average molecular weight is 215 g/mol. The van der Waals surface area contributed by atoms with Crippen LogP contribution in [0.25, 0.3) is 6.08 Å². The molecule has 2 heteroatoms. The molecule has 0 radical (unpaired) electrons. The zero-order chi connectivity index (χ0) is 11.2. The van der Waals surface area contributed by atoms with Crippen LogP contribution in [0.15, 0.2) is 30.8 Å². The highest BCUT2D eigenvalue weighted by Crippen LogP contribution is 2.43. The smallest absolute Gasteiger partial charge is 0.106 e. The lowest BCUT2D eigenvalue weighted by atomic mass is 9.81. The molecule has 84 valence electrons. The first-order valence-electron chi connectivity index (χ1n) is 5.90. The summed E-state index contributed by atoms with van der Waals surface area (Å²) in [5, 5.41) is 10.7. The lowest BCUT2D eigenvalue weighted by Crippen LogP contribution is -2.39. The number of hydrogen-bond acceptors (Lipinski definition) is 2. The van der Waals surface area contributed by atoms with Crippen molar-refractivity contribution >= 4 is 6.08 Å². The summed E-state index contributed by atoms with van der Waals surface area (Å²) in [7, 11) is 0. The van der Waals surface area contributed by atoms with Gasteiger partial charge in [-0.15, -0.1) is 0 Å². The van der Waals surface area contributed by atoms with Crippen molar-refractivity contribution in [1.29, 1.82) is 0 Å². The second-order valence-corrected chi connectivity index (χ2v) is 4.97. The minimum Gasteiger partial charge on any atom is -0.383 e. The maximum atomic E-state index is 10.7. The molecular weight excluding hydrogens is 198 g/mol. The van der Waals surface area contributed by atoms with E-state index < -0.39 is 5.60 Å². The van der Waals surface area contributed by atoms with E-state index in [0.29, 0.717) is 5.92 Å². The molecule has 1 aromatic rings. The van der Waals surface area contributed by atoms with Crippen LogP contribution in [-0.2, 0) is 5.60 Å². The Labute approximate surface area is 96.2 Å². The van der Waals surface area contributed by atoms with Gasteiger partial charge >= 0.3 is 0 Å². The van der Waals surface area contributed by atoms with Gasteiger partial charge in [0.1, 0.15) is 5.60 Å². The van der Waals surface area contributed by atoms with E-state index in [1.165, 1.54) is 0 Å². The Morgan fingerprint density at radius 3 is 2.62 bits per heavy atom. The van der Waals surface area contributed by atoms with Gasteiger partial charge in [-0.1, -0.05) is 36.9 Å². The normalized spacial score (nSPS) is 36.6. The Bertz CT molecular complexity index is 411. The molecule has 2 saturated heterocycles. The molecule has 0 amide bonds. The molecule has 0 spiro atoms. The largest absolute Gasteiger partial charge is 0.383 e. The third-order valence-corrected chi connectivity index (χ3v) is 4.06. The van der Waals surface area contributed by atoms with Crippen molar-refractivity contribution in [1.82, 2.24) is 4.90 Å². The number of nitrogens with zero attached hydrogens (tertiary/aromatic N) is 1. The Balaban J connectivity index is 1.94. The van der Waals surface area contributed by atoms with Gasteiger partial charge in [0.05, 0.1) is 0 Å². The zero-order valence-corrected chi connectivity index (χ0v) is 9.39. The van der Waals surface area contributed by atoms with Gasteiger partial charge in [-0.2, -0.15) is 0 Å². The maximum Gasteiger partial charge on any atom is 0.106 e. The highest BCUT2D eigenvalue weighted by molar-refractivity contribution is 5.48. The van der Waals surface area contributed by atoms with Crippen molar-refractivity contribution in [2.45, 2.75) is 12.0 Å². The molecule has 3 unspecified atom stereocenters. The van der Waals surface area contributed by atoms with Crippen molar-refractivity contribution in [2.24, 2.45) is 5.92 Å². The molecule has 2 bridgehead atoms. The van der Waals surface area contributed by atoms with Crippen LogP contribution >= 0.6 is 0 Å². The van der Waals surface area contributed by atoms with Crippen LogP contribution in [0.1, 0.15) is 17.5 Å². The Kier molecular flexibility index (Phi) is 2.16. The van der Waals surface area contributed by atoms with Crippen molar-refractivity contribution in [3.63, 3.8) is 0 Å². The number of fused-ring (bicyclic) bond motifs is 2. The molecule has 0 saturated carbocycles. The van der Waals surface area contributed by atoms with Crippen LogP contribution in [0.5, 0.6) is 0 Å². The first kappa shape index (κ1) is 10.1. The Morgan fingerprint density at radius 2 is 2.12 bits per heavy atom. The van der Waals surface area contributed by atoms with Crippen LogP contribution in [0.3, 0.4) is 0 Å². The van der Waals surface area contributed by atoms with E-state index in [1.807, 2.05) is 30.3 Å². The van der Waals surface area contributed by atoms with E-state index in [4.69, 9.17) is 0 Å².